The van der Waals surface area contributed by atoms with Gasteiger partial charge in [-0.25, -0.2) is 0 Å². The number of esters is 1. The molecule has 0 spiro atoms. The van der Waals surface area contributed by atoms with Gasteiger partial charge in [0.15, 0.2) is 0 Å². The summed E-state index contributed by atoms with van der Waals surface area (Å²) in [4.78, 5) is 15.1. The third-order valence-corrected chi connectivity index (χ3v) is 6.69. The van der Waals surface area contributed by atoms with Gasteiger partial charge in [0.1, 0.15) is 6.10 Å². The third kappa shape index (κ3) is 6.57. The van der Waals surface area contributed by atoms with E-state index in [9.17, 15) is 4.79 Å². The minimum atomic E-state index is -0.338. The van der Waals surface area contributed by atoms with Crippen molar-refractivity contribution < 1.29 is 9.53 Å². The molecule has 0 aliphatic carbocycles. The standard InChI is InChI=1S/C31H39NO2/c1-7-13-30(33)34-31(27-15-9-8-10-16-27)26(6)32(20-28-17-12-11-14-23(28)3)21-29-24(4)18-22(2)19-25(29)5/h8-12,14-19,26,31H,7,13,20-21H2,1-6H3/t26-,31-/m1/s1. The van der Waals surface area contributed by atoms with Crippen molar-refractivity contribution in [3.8, 4) is 0 Å². The smallest absolute Gasteiger partial charge is 0.306 e. The number of aryl methyl sites for hydroxylation is 4. The van der Waals surface area contributed by atoms with E-state index in [0.29, 0.717) is 6.42 Å². The van der Waals surface area contributed by atoms with Gasteiger partial charge < -0.3 is 4.74 Å². The van der Waals surface area contributed by atoms with Crippen LogP contribution in [-0.2, 0) is 22.6 Å². The molecule has 0 aromatic heterocycles. The highest BCUT2D eigenvalue weighted by atomic mass is 16.5. The van der Waals surface area contributed by atoms with Crippen molar-refractivity contribution in [1.29, 1.82) is 0 Å². The maximum atomic E-state index is 12.6. The minimum Gasteiger partial charge on any atom is -0.456 e. The Hall–Kier alpha value is -2.91. The number of ether oxygens (including phenoxy) is 1. The molecule has 0 N–H and O–H groups in total. The maximum Gasteiger partial charge on any atom is 0.306 e. The van der Waals surface area contributed by atoms with E-state index in [0.717, 1.165) is 25.1 Å². The van der Waals surface area contributed by atoms with Gasteiger partial charge in [-0.15, -0.1) is 0 Å². The zero-order valence-electron chi connectivity index (χ0n) is 21.6. The van der Waals surface area contributed by atoms with Gasteiger partial charge in [-0.2, -0.15) is 0 Å². The van der Waals surface area contributed by atoms with E-state index < -0.39 is 0 Å². The fourth-order valence-electron chi connectivity index (χ4n) is 4.70. The summed E-state index contributed by atoms with van der Waals surface area (Å²) >= 11 is 0. The molecule has 3 heteroatoms. The minimum absolute atomic E-state index is 0.0112. The van der Waals surface area contributed by atoms with Crippen LogP contribution in [0.25, 0.3) is 0 Å². The van der Waals surface area contributed by atoms with E-state index in [-0.39, 0.29) is 18.1 Å². The lowest BCUT2D eigenvalue weighted by molar-refractivity contribution is -0.153. The lowest BCUT2D eigenvalue weighted by Gasteiger charge is -2.36. The molecule has 34 heavy (non-hydrogen) atoms. The Kier molecular flexibility index (Phi) is 9.06. The van der Waals surface area contributed by atoms with E-state index >= 15 is 0 Å². The van der Waals surface area contributed by atoms with Gasteiger partial charge in [0, 0.05) is 25.6 Å². The van der Waals surface area contributed by atoms with Crippen molar-refractivity contribution in [2.24, 2.45) is 0 Å². The van der Waals surface area contributed by atoms with Crippen LogP contribution in [0, 0.1) is 27.7 Å². The molecule has 3 aromatic rings. The molecule has 0 radical (unpaired) electrons. The van der Waals surface area contributed by atoms with Crippen LogP contribution >= 0.6 is 0 Å². The second-order valence-electron chi connectivity index (χ2n) is 9.52. The van der Waals surface area contributed by atoms with Gasteiger partial charge in [-0.3, -0.25) is 9.69 Å². The van der Waals surface area contributed by atoms with Crippen LogP contribution in [0.4, 0.5) is 0 Å². The molecular weight excluding hydrogens is 418 g/mol. The van der Waals surface area contributed by atoms with Crippen LogP contribution in [0.15, 0.2) is 66.7 Å². The van der Waals surface area contributed by atoms with Gasteiger partial charge in [0.2, 0.25) is 0 Å². The first-order chi connectivity index (χ1) is 16.3. The van der Waals surface area contributed by atoms with E-state index in [4.69, 9.17) is 4.74 Å². The Labute approximate surface area is 205 Å². The Bertz CT molecular complexity index is 1070. The third-order valence-electron chi connectivity index (χ3n) is 6.69. The van der Waals surface area contributed by atoms with Gasteiger partial charge in [-0.05, 0) is 74.4 Å². The number of carbonyl (C=O) groups excluding carboxylic acids is 1. The fraction of sp³-hybridized carbons (Fsp3) is 0.387. The van der Waals surface area contributed by atoms with Gasteiger partial charge in [0.25, 0.3) is 0 Å². The van der Waals surface area contributed by atoms with Crippen LogP contribution in [-0.4, -0.2) is 16.9 Å². The van der Waals surface area contributed by atoms with Crippen LogP contribution in [0.5, 0.6) is 0 Å². The molecule has 0 saturated carbocycles. The SMILES string of the molecule is CCCC(=O)O[C@@H](c1ccccc1)[C@@H](C)N(Cc1ccccc1C)Cc1c(C)cc(C)cc1C. The average Bonchev–Trinajstić information content (AvgIpc) is 2.80. The summed E-state index contributed by atoms with van der Waals surface area (Å²) in [7, 11) is 0. The zero-order valence-corrected chi connectivity index (χ0v) is 21.6. The van der Waals surface area contributed by atoms with E-state index in [1.165, 1.54) is 33.4 Å². The summed E-state index contributed by atoms with van der Waals surface area (Å²) in [6, 6.07) is 23.2. The van der Waals surface area contributed by atoms with E-state index in [2.05, 4.69) is 88.0 Å². The molecule has 0 bridgehead atoms. The number of hydrogen-bond donors (Lipinski definition) is 0. The Morgan fingerprint density at radius 1 is 0.853 bits per heavy atom. The predicted molar refractivity (Wildman–Crippen MR) is 141 cm³/mol. The average molecular weight is 458 g/mol. The highest BCUT2D eigenvalue weighted by Crippen LogP contribution is 2.30. The fourth-order valence-corrected chi connectivity index (χ4v) is 4.70. The van der Waals surface area contributed by atoms with Crippen LogP contribution in [0.2, 0.25) is 0 Å². The molecule has 0 fully saturated rings. The van der Waals surface area contributed by atoms with Crippen molar-refractivity contribution in [3.63, 3.8) is 0 Å². The molecule has 180 valence electrons. The second kappa shape index (κ2) is 12.0. The largest absolute Gasteiger partial charge is 0.456 e. The highest BCUT2D eigenvalue weighted by molar-refractivity contribution is 5.69. The molecule has 0 aliphatic heterocycles. The zero-order chi connectivity index (χ0) is 24.7. The molecule has 2 atom stereocenters. The molecule has 0 amide bonds. The quantitative estimate of drug-likeness (QED) is 0.297. The molecule has 0 saturated heterocycles. The Morgan fingerprint density at radius 3 is 2.09 bits per heavy atom. The number of rotatable bonds is 10. The van der Waals surface area contributed by atoms with E-state index in [1.807, 2.05) is 25.1 Å². The van der Waals surface area contributed by atoms with Crippen LogP contribution < -0.4 is 0 Å². The summed E-state index contributed by atoms with van der Waals surface area (Å²) < 4.78 is 6.12. The number of nitrogens with zero attached hydrogens (tertiary/aromatic N) is 1. The molecular formula is C31H39NO2. The molecule has 3 rings (SSSR count). The number of carbonyl (C=O) groups is 1. The molecule has 3 nitrogen and oxygen atoms in total. The lowest BCUT2D eigenvalue weighted by atomic mass is 9.96. The molecule has 0 aliphatic rings. The van der Waals surface area contributed by atoms with E-state index in [1.54, 1.807) is 0 Å². The predicted octanol–water partition coefficient (Wildman–Crippen LogP) is 7.40. The van der Waals surface area contributed by atoms with Crippen molar-refractivity contribution >= 4 is 5.97 Å². The van der Waals surface area contributed by atoms with Crippen molar-refractivity contribution in [2.45, 2.75) is 79.6 Å². The number of benzene rings is 3. The number of hydrogen-bond acceptors (Lipinski definition) is 3. The monoisotopic (exact) mass is 457 g/mol. The van der Waals surface area contributed by atoms with Crippen molar-refractivity contribution in [2.75, 3.05) is 0 Å². The highest BCUT2D eigenvalue weighted by Gasteiger charge is 2.29. The first-order valence-corrected chi connectivity index (χ1v) is 12.4. The Balaban J connectivity index is 2.01. The van der Waals surface area contributed by atoms with Crippen molar-refractivity contribution in [1.82, 2.24) is 4.90 Å². The molecule has 0 heterocycles. The molecule has 3 aromatic carbocycles. The first-order valence-electron chi connectivity index (χ1n) is 12.4. The molecule has 0 unspecified atom stereocenters. The summed E-state index contributed by atoms with van der Waals surface area (Å²) in [5.74, 6) is -0.137. The summed E-state index contributed by atoms with van der Waals surface area (Å²) in [5.41, 5.74) is 8.84. The van der Waals surface area contributed by atoms with Gasteiger partial charge in [0.05, 0.1) is 0 Å². The van der Waals surface area contributed by atoms with Crippen LogP contribution in [0.3, 0.4) is 0 Å². The van der Waals surface area contributed by atoms with Gasteiger partial charge in [-0.1, -0.05) is 79.2 Å². The van der Waals surface area contributed by atoms with Crippen LogP contribution in [0.1, 0.15) is 71.7 Å². The van der Waals surface area contributed by atoms with Crippen molar-refractivity contribution in [3.05, 3.63) is 106 Å². The lowest BCUT2D eigenvalue weighted by Crippen LogP contribution is -2.39. The van der Waals surface area contributed by atoms with Gasteiger partial charge >= 0.3 is 5.97 Å². The second-order valence-corrected chi connectivity index (χ2v) is 9.52. The topological polar surface area (TPSA) is 29.5 Å². The Morgan fingerprint density at radius 2 is 1.47 bits per heavy atom. The summed E-state index contributed by atoms with van der Waals surface area (Å²) in [5, 5.41) is 0. The summed E-state index contributed by atoms with van der Waals surface area (Å²) in [6.07, 6.45) is 0.878. The summed E-state index contributed by atoms with van der Waals surface area (Å²) in [6.45, 7) is 14.5. The normalized spacial score (nSPS) is 13.0. The maximum absolute atomic E-state index is 12.6. The first kappa shape index (κ1) is 25.7.